The molecule has 0 fully saturated rings. The van der Waals surface area contributed by atoms with Crippen LogP contribution in [0.3, 0.4) is 0 Å². The zero-order valence-corrected chi connectivity index (χ0v) is 16.6. The summed E-state index contributed by atoms with van der Waals surface area (Å²) in [6, 6.07) is 13.8. The van der Waals surface area contributed by atoms with E-state index in [1.807, 2.05) is 32.0 Å². The van der Waals surface area contributed by atoms with Crippen molar-refractivity contribution in [2.45, 2.75) is 32.7 Å². The Hall–Kier alpha value is -3.35. The molecule has 1 aliphatic rings. The highest BCUT2D eigenvalue weighted by atomic mass is 16.5. The number of ether oxygens (including phenoxy) is 1. The molecule has 29 heavy (non-hydrogen) atoms. The van der Waals surface area contributed by atoms with Gasteiger partial charge >= 0.3 is 5.97 Å². The van der Waals surface area contributed by atoms with E-state index in [1.165, 1.54) is 0 Å². The van der Waals surface area contributed by atoms with E-state index < -0.39 is 0 Å². The first-order chi connectivity index (χ1) is 14.0. The first-order valence-corrected chi connectivity index (χ1v) is 9.71. The van der Waals surface area contributed by atoms with Crippen LogP contribution in [-0.2, 0) is 14.3 Å². The number of nitrogens with zero attached hydrogens (tertiary/aromatic N) is 1. The van der Waals surface area contributed by atoms with Crippen molar-refractivity contribution in [3.63, 3.8) is 0 Å². The molecular weight excluding hydrogens is 370 g/mol. The van der Waals surface area contributed by atoms with Crippen LogP contribution in [0.2, 0.25) is 0 Å². The third-order valence-electron chi connectivity index (χ3n) is 4.63. The molecule has 2 aromatic carbocycles. The predicted octanol–water partition coefficient (Wildman–Crippen LogP) is 3.43. The van der Waals surface area contributed by atoms with Crippen molar-refractivity contribution in [3.05, 3.63) is 54.1 Å². The number of hydrogen-bond donors (Lipinski definition) is 2. The molecule has 0 aromatic heterocycles. The zero-order valence-electron chi connectivity index (χ0n) is 16.6. The van der Waals surface area contributed by atoms with Gasteiger partial charge in [0.05, 0.1) is 30.1 Å². The average Bonchev–Trinajstić information content (AvgIpc) is 2.84. The third-order valence-corrected chi connectivity index (χ3v) is 4.63. The standard InChI is InChI=1S/C22H25N3O4/c1-3-12-29-22(28)16-8-10-17(11-9-16)23-14-21(27)25-15(2)13-20(26)24-18-6-4-5-7-19(18)25/h4-11,15,23H,3,12-14H2,1-2H3,(H,24,26). The van der Waals surface area contributed by atoms with Crippen LogP contribution in [0.1, 0.15) is 37.0 Å². The van der Waals surface area contributed by atoms with Gasteiger partial charge in [0.15, 0.2) is 0 Å². The van der Waals surface area contributed by atoms with Gasteiger partial charge in [-0.2, -0.15) is 0 Å². The van der Waals surface area contributed by atoms with Crippen molar-refractivity contribution in [3.8, 4) is 0 Å². The molecule has 0 aliphatic carbocycles. The Kier molecular flexibility index (Phi) is 6.49. The van der Waals surface area contributed by atoms with Gasteiger partial charge in [-0.15, -0.1) is 0 Å². The minimum absolute atomic E-state index is 0.0620. The lowest BCUT2D eigenvalue weighted by atomic mass is 10.1. The second-order valence-electron chi connectivity index (χ2n) is 6.95. The zero-order chi connectivity index (χ0) is 20.8. The minimum atomic E-state index is -0.360. The van der Waals surface area contributed by atoms with Crippen LogP contribution in [0.5, 0.6) is 0 Å². The smallest absolute Gasteiger partial charge is 0.338 e. The number of benzene rings is 2. The van der Waals surface area contributed by atoms with Gasteiger partial charge in [0.1, 0.15) is 0 Å². The maximum Gasteiger partial charge on any atom is 0.338 e. The van der Waals surface area contributed by atoms with E-state index in [2.05, 4.69) is 10.6 Å². The molecule has 0 saturated heterocycles. The molecule has 152 valence electrons. The number of amides is 2. The lowest BCUT2D eigenvalue weighted by molar-refractivity contribution is -0.118. The minimum Gasteiger partial charge on any atom is -0.462 e. The molecule has 1 unspecified atom stereocenters. The molecule has 7 heteroatoms. The Morgan fingerprint density at radius 2 is 1.90 bits per heavy atom. The molecule has 0 bridgehead atoms. The Morgan fingerprint density at radius 3 is 2.62 bits per heavy atom. The second kappa shape index (κ2) is 9.23. The van der Waals surface area contributed by atoms with E-state index in [-0.39, 0.29) is 36.8 Å². The van der Waals surface area contributed by atoms with Crippen molar-refractivity contribution in [1.29, 1.82) is 0 Å². The number of nitrogens with one attached hydrogen (secondary N) is 2. The van der Waals surface area contributed by atoms with Crippen molar-refractivity contribution in [1.82, 2.24) is 0 Å². The fraction of sp³-hybridized carbons (Fsp3) is 0.318. The molecule has 2 N–H and O–H groups in total. The normalized spacial score (nSPS) is 15.7. The largest absolute Gasteiger partial charge is 0.462 e. The molecule has 2 aromatic rings. The number of anilines is 3. The van der Waals surface area contributed by atoms with Crippen LogP contribution in [0.4, 0.5) is 17.1 Å². The van der Waals surface area contributed by atoms with Gasteiger partial charge in [0, 0.05) is 18.2 Å². The monoisotopic (exact) mass is 395 g/mol. The summed E-state index contributed by atoms with van der Waals surface area (Å²) in [5.41, 5.74) is 2.50. The van der Waals surface area contributed by atoms with Gasteiger partial charge in [-0.05, 0) is 49.7 Å². The summed E-state index contributed by atoms with van der Waals surface area (Å²) in [6.07, 6.45) is 1.00. The first kappa shape index (κ1) is 20.4. The Morgan fingerprint density at radius 1 is 1.17 bits per heavy atom. The maximum atomic E-state index is 12.9. The summed E-state index contributed by atoms with van der Waals surface area (Å²) in [7, 11) is 0. The Balaban J connectivity index is 1.67. The molecule has 7 nitrogen and oxygen atoms in total. The SMILES string of the molecule is CCCOC(=O)c1ccc(NCC(=O)N2c3ccccc3NC(=O)CC2C)cc1. The van der Waals surface area contributed by atoms with Gasteiger partial charge in [-0.25, -0.2) is 4.79 Å². The van der Waals surface area contributed by atoms with E-state index in [9.17, 15) is 14.4 Å². The van der Waals surface area contributed by atoms with E-state index >= 15 is 0 Å². The summed E-state index contributed by atoms with van der Waals surface area (Å²) in [5, 5.41) is 5.93. The topological polar surface area (TPSA) is 87.7 Å². The van der Waals surface area contributed by atoms with E-state index in [0.717, 1.165) is 12.1 Å². The van der Waals surface area contributed by atoms with Gasteiger partial charge < -0.3 is 20.3 Å². The highest BCUT2D eigenvalue weighted by Gasteiger charge is 2.29. The molecular formula is C22H25N3O4. The molecule has 0 saturated carbocycles. The number of rotatable bonds is 6. The van der Waals surface area contributed by atoms with Crippen molar-refractivity contribution in [2.75, 3.05) is 28.7 Å². The van der Waals surface area contributed by atoms with Crippen molar-refractivity contribution in [2.24, 2.45) is 0 Å². The van der Waals surface area contributed by atoms with Crippen LogP contribution in [0.15, 0.2) is 48.5 Å². The van der Waals surface area contributed by atoms with Crippen LogP contribution < -0.4 is 15.5 Å². The van der Waals surface area contributed by atoms with Crippen molar-refractivity contribution >= 4 is 34.8 Å². The molecule has 0 radical (unpaired) electrons. The molecule has 1 atom stereocenters. The molecule has 1 aliphatic heterocycles. The first-order valence-electron chi connectivity index (χ1n) is 9.71. The number of esters is 1. The Labute approximate surface area is 170 Å². The highest BCUT2D eigenvalue weighted by molar-refractivity contribution is 6.05. The van der Waals surface area contributed by atoms with Gasteiger partial charge in [-0.3, -0.25) is 9.59 Å². The highest BCUT2D eigenvalue weighted by Crippen LogP contribution is 2.31. The number of fused-ring (bicyclic) bond motifs is 1. The fourth-order valence-electron chi connectivity index (χ4n) is 3.23. The number of carbonyl (C=O) groups is 3. The summed E-state index contributed by atoms with van der Waals surface area (Å²) >= 11 is 0. The average molecular weight is 395 g/mol. The van der Waals surface area contributed by atoms with E-state index in [4.69, 9.17) is 4.74 Å². The van der Waals surface area contributed by atoms with Gasteiger partial charge in [0.25, 0.3) is 0 Å². The fourth-order valence-corrected chi connectivity index (χ4v) is 3.23. The molecule has 1 heterocycles. The summed E-state index contributed by atoms with van der Waals surface area (Å²) in [5.74, 6) is -0.617. The summed E-state index contributed by atoms with van der Waals surface area (Å²) < 4.78 is 5.11. The molecule has 3 rings (SSSR count). The van der Waals surface area contributed by atoms with Gasteiger partial charge in [0.2, 0.25) is 11.8 Å². The van der Waals surface area contributed by atoms with Crippen LogP contribution in [0, 0.1) is 0 Å². The third kappa shape index (κ3) is 4.93. The van der Waals surface area contributed by atoms with Crippen LogP contribution >= 0.6 is 0 Å². The lowest BCUT2D eigenvalue weighted by Crippen LogP contribution is -2.42. The molecule has 2 amide bonds. The molecule has 0 spiro atoms. The maximum absolute atomic E-state index is 12.9. The lowest BCUT2D eigenvalue weighted by Gasteiger charge is -2.28. The van der Waals surface area contributed by atoms with Crippen LogP contribution in [0.25, 0.3) is 0 Å². The number of carbonyl (C=O) groups excluding carboxylic acids is 3. The van der Waals surface area contributed by atoms with E-state index in [1.54, 1.807) is 35.2 Å². The Bertz CT molecular complexity index is 895. The van der Waals surface area contributed by atoms with Crippen molar-refractivity contribution < 1.29 is 19.1 Å². The predicted molar refractivity (Wildman–Crippen MR) is 112 cm³/mol. The number of hydrogen-bond acceptors (Lipinski definition) is 5. The summed E-state index contributed by atoms with van der Waals surface area (Å²) in [6.45, 7) is 4.25. The summed E-state index contributed by atoms with van der Waals surface area (Å²) in [4.78, 5) is 38.5. The van der Waals surface area contributed by atoms with E-state index in [0.29, 0.717) is 23.5 Å². The second-order valence-corrected chi connectivity index (χ2v) is 6.95. The number of para-hydroxylation sites is 2. The van der Waals surface area contributed by atoms with Gasteiger partial charge in [-0.1, -0.05) is 19.1 Å². The quantitative estimate of drug-likeness (QED) is 0.732. The van der Waals surface area contributed by atoms with Crippen LogP contribution in [-0.4, -0.2) is 37.0 Å².